The van der Waals surface area contributed by atoms with Crippen molar-refractivity contribution in [3.05, 3.63) is 6.07 Å². The summed E-state index contributed by atoms with van der Waals surface area (Å²) in [7, 11) is 1.64. The average Bonchev–Trinajstić information content (AvgIpc) is 2.81. The van der Waals surface area contributed by atoms with Gasteiger partial charge in [0.25, 0.3) is 0 Å². The number of carbonyl (C=O) groups excluding carboxylic acids is 2. The van der Waals surface area contributed by atoms with Crippen LogP contribution in [0.3, 0.4) is 0 Å². The van der Waals surface area contributed by atoms with Gasteiger partial charge >= 0.3 is 0 Å². The summed E-state index contributed by atoms with van der Waals surface area (Å²) in [5.41, 5.74) is 0. The lowest BCUT2D eigenvalue weighted by Gasteiger charge is -2.27. The molecule has 1 saturated carbocycles. The molecule has 1 fully saturated rings. The van der Waals surface area contributed by atoms with Crippen molar-refractivity contribution in [2.24, 2.45) is 11.8 Å². The number of aromatic nitrogens is 1. The van der Waals surface area contributed by atoms with Gasteiger partial charge in [-0.1, -0.05) is 0 Å². The highest BCUT2D eigenvalue weighted by atomic mass is 32.2. The molecule has 0 radical (unpaired) electrons. The molecule has 122 valence electrons. The molecule has 1 aliphatic carbocycles. The number of hydrogen-bond acceptors (Lipinski definition) is 5. The third kappa shape index (κ3) is 3.40. The minimum atomic E-state index is -0.307. The van der Waals surface area contributed by atoms with Gasteiger partial charge in [-0.25, -0.2) is 4.57 Å². The smallest absolute Gasteiger partial charge is 0.236 e. The van der Waals surface area contributed by atoms with Crippen molar-refractivity contribution in [3.63, 3.8) is 0 Å². The van der Waals surface area contributed by atoms with Crippen LogP contribution in [0.1, 0.15) is 36.9 Å². The fraction of sp³-hybridized carbons (Fsp3) is 0.600. The Morgan fingerprint density at radius 2 is 1.95 bits per heavy atom. The third-order valence-electron chi connectivity index (χ3n) is 4.32. The Balaban J connectivity index is 1.97. The van der Waals surface area contributed by atoms with E-state index in [0.717, 1.165) is 30.3 Å². The first-order chi connectivity index (χ1) is 10.5. The van der Waals surface area contributed by atoms with Gasteiger partial charge in [-0.3, -0.25) is 9.59 Å². The summed E-state index contributed by atoms with van der Waals surface area (Å²) in [5.74, 6) is -0.450. The van der Waals surface area contributed by atoms with Crippen LogP contribution in [0, 0.1) is 11.8 Å². The van der Waals surface area contributed by atoms with Crippen molar-refractivity contribution < 1.29 is 19.8 Å². The number of nitrogens with zero attached hydrogens (tertiary/aromatic N) is 1. The van der Waals surface area contributed by atoms with Gasteiger partial charge in [-0.05, 0) is 37.9 Å². The molecule has 0 spiro atoms. The summed E-state index contributed by atoms with van der Waals surface area (Å²) in [6.07, 6.45) is 5.20. The topological polar surface area (TPSA) is 91.6 Å². The Bertz CT molecular complexity index is 562. The van der Waals surface area contributed by atoms with Crippen molar-refractivity contribution >= 4 is 23.6 Å². The first-order valence-corrected chi connectivity index (χ1v) is 8.62. The SMILES string of the molecule is CNC(=O)C1CCC(CC(=O)n2c(O)cc(SC)c2O)CC1. The van der Waals surface area contributed by atoms with Crippen molar-refractivity contribution in [3.8, 4) is 11.8 Å². The largest absolute Gasteiger partial charge is 0.494 e. The number of rotatable bonds is 4. The molecule has 1 aromatic rings. The minimum Gasteiger partial charge on any atom is -0.494 e. The van der Waals surface area contributed by atoms with E-state index in [9.17, 15) is 19.8 Å². The number of thioether (sulfide) groups is 1. The highest BCUT2D eigenvalue weighted by Gasteiger charge is 2.28. The van der Waals surface area contributed by atoms with Crippen LogP contribution >= 0.6 is 11.8 Å². The summed E-state index contributed by atoms with van der Waals surface area (Å²) >= 11 is 1.27. The van der Waals surface area contributed by atoms with Crippen molar-refractivity contribution in [1.82, 2.24) is 9.88 Å². The first-order valence-electron chi connectivity index (χ1n) is 7.40. The standard InChI is InChI=1S/C15H22N2O4S/c1-16-14(20)10-5-3-9(4-6-10)7-12(18)17-13(19)8-11(22-2)15(17)21/h8-10,19,21H,3-7H2,1-2H3,(H,16,20). The van der Waals surface area contributed by atoms with E-state index in [1.807, 2.05) is 0 Å². The van der Waals surface area contributed by atoms with E-state index in [4.69, 9.17) is 0 Å². The summed E-state index contributed by atoms with van der Waals surface area (Å²) in [5, 5.41) is 22.4. The van der Waals surface area contributed by atoms with Gasteiger partial charge < -0.3 is 15.5 Å². The highest BCUT2D eigenvalue weighted by Crippen LogP contribution is 2.36. The van der Waals surface area contributed by atoms with Crippen molar-refractivity contribution in [1.29, 1.82) is 0 Å². The predicted octanol–water partition coefficient (Wildman–Crippen LogP) is 2.20. The molecule has 7 heteroatoms. The Hall–Kier alpha value is -1.63. The van der Waals surface area contributed by atoms with E-state index in [-0.39, 0.29) is 41.8 Å². The number of hydrogen-bond donors (Lipinski definition) is 3. The average molecular weight is 326 g/mol. The molecular formula is C15H22N2O4S. The molecule has 1 aromatic heterocycles. The van der Waals surface area contributed by atoms with Gasteiger partial charge in [0.05, 0.1) is 4.90 Å². The van der Waals surface area contributed by atoms with E-state index in [1.165, 1.54) is 17.8 Å². The van der Waals surface area contributed by atoms with E-state index >= 15 is 0 Å². The van der Waals surface area contributed by atoms with Gasteiger partial charge in [0.15, 0.2) is 0 Å². The molecule has 1 aliphatic rings. The maximum absolute atomic E-state index is 12.3. The molecule has 0 atom stereocenters. The number of aromatic hydroxyl groups is 2. The monoisotopic (exact) mass is 326 g/mol. The van der Waals surface area contributed by atoms with E-state index < -0.39 is 0 Å². The Labute approximate surface area is 133 Å². The van der Waals surface area contributed by atoms with Crippen LogP contribution in [-0.2, 0) is 4.79 Å². The molecule has 1 heterocycles. The van der Waals surface area contributed by atoms with Crippen LogP contribution in [0.15, 0.2) is 11.0 Å². The van der Waals surface area contributed by atoms with Crippen LogP contribution in [0.2, 0.25) is 0 Å². The molecule has 2 rings (SSSR count). The van der Waals surface area contributed by atoms with Crippen LogP contribution < -0.4 is 5.32 Å². The van der Waals surface area contributed by atoms with E-state index in [2.05, 4.69) is 5.32 Å². The summed E-state index contributed by atoms with van der Waals surface area (Å²) in [6.45, 7) is 0. The van der Waals surface area contributed by atoms with Gasteiger partial charge in [0.1, 0.15) is 0 Å². The molecular weight excluding hydrogens is 304 g/mol. The molecule has 6 nitrogen and oxygen atoms in total. The second-order valence-electron chi connectivity index (χ2n) is 5.66. The second-order valence-corrected chi connectivity index (χ2v) is 6.51. The highest BCUT2D eigenvalue weighted by molar-refractivity contribution is 7.98. The van der Waals surface area contributed by atoms with Gasteiger partial charge in [0.2, 0.25) is 23.6 Å². The molecule has 0 bridgehead atoms. The molecule has 0 aromatic carbocycles. The fourth-order valence-electron chi connectivity index (χ4n) is 3.03. The van der Waals surface area contributed by atoms with Gasteiger partial charge in [-0.15, -0.1) is 11.8 Å². The van der Waals surface area contributed by atoms with E-state index in [0.29, 0.717) is 4.90 Å². The number of nitrogens with one attached hydrogen (secondary N) is 1. The van der Waals surface area contributed by atoms with Crippen molar-refractivity contribution in [2.75, 3.05) is 13.3 Å². The maximum Gasteiger partial charge on any atom is 0.236 e. The zero-order chi connectivity index (χ0) is 16.3. The molecule has 22 heavy (non-hydrogen) atoms. The molecule has 0 saturated heterocycles. The lowest BCUT2D eigenvalue weighted by atomic mass is 9.80. The Morgan fingerprint density at radius 3 is 2.45 bits per heavy atom. The summed E-state index contributed by atoms with van der Waals surface area (Å²) in [4.78, 5) is 24.4. The number of carbonyl (C=O) groups is 2. The number of amides is 1. The van der Waals surface area contributed by atoms with Crippen LogP contribution in [-0.4, -0.2) is 39.9 Å². The predicted molar refractivity (Wildman–Crippen MR) is 84.3 cm³/mol. The maximum atomic E-state index is 12.3. The zero-order valence-corrected chi connectivity index (χ0v) is 13.7. The van der Waals surface area contributed by atoms with Gasteiger partial charge in [-0.2, -0.15) is 0 Å². The van der Waals surface area contributed by atoms with Crippen LogP contribution in [0.4, 0.5) is 0 Å². The Kier molecular flexibility index (Phi) is 5.39. The Morgan fingerprint density at radius 1 is 1.32 bits per heavy atom. The summed E-state index contributed by atoms with van der Waals surface area (Å²) in [6, 6.07) is 1.39. The molecule has 0 aliphatic heterocycles. The third-order valence-corrected chi connectivity index (χ3v) is 5.06. The minimum absolute atomic E-state index is 0.0350. The molecule has 0 unspecified atom stereocenters. The van der Waals surface area contributed by atoms with Crippen LogP contribution in [0.25, 0.3) is 0 Å². The van der Waals surface area contributed by atoms with E-state index in [1.54, 1.807) is 13.3 Å². The second kappa shape index (κ2) is 7.09. The summed E-state index contributed by atoms with van der Waals surface area (Å²) < 4.78 is 0.969. The van der Waals surface area contributed by atoms with Gasteiger partial charge in [0, 0.05) is 25.5 Å². The van der Waals surface area contributed by atoms with Crippen LogP contribution in [0.5, 0.6) is 11.8 Å². The van der Waals surface area contributed by atoms with Crippen molar-refractivity contribution in [2.45, 2.75) is 37.0 Å². The molecule has 1 amide bonds. The lowest BCUT2D eigenvalue weighted by Crippen LogP contribution is -2.31. The molecule has 3 N–H and O–H groups in total. The first kappa shape index (κ1) is 16.7. The normalized spacial score (nSPS) is 21.5. The quantitative estimate of drug-likeness (QED) is 0.738. The fourth-order valence-corrected chi connectivity index (χ4v) is 3.53. The lowest BCUT2D eigenvalue weighted by molar-refractivity contribution is -0.125. The zero-order valence-electron chi connectivity index (χ0n) is 12.8.